The Balaban J connectivity index is 1.45. The summed E-state index contributed by atoms with van der Waals surface area (Å²) >= 11 is 0. The summed E-state index contributed by atoms with van der Waals surface area (Å²) in [6, 6.07) is 16.3. The van der Waals surface area contributed by atoms with E-state index in [9.17, 15) is 0 Å². The summed E-state index contributed by atoms with van der Waals surface area (Å²) in [5, 5.41) is 1.31. The Morgan fingerprint density at radius 2 is 1.89 bits per heavy atom. The van der Waals surface area contributed by atoms with Crippen molar-refractivity contribution >= 4 is 10.9 Å². The van der Waals surface area contributed by atoms with Gasteiger partial charge in [0.15, 0.2) is 0 Å². The molecule has 1 aromatic heterocycles. The SMILES string of the molecule is CN1Cc2cc(CN3CCCCC3)ccc2C(c2ccc3[nH]ccc3c2)C1. The van der Waals surface area contributed by atoms with Gasteiger partial charge in [0.1, 0.15) is 0 Å². The number of likely N-dealkylation sites (N-methyl/N-ethyl adjacent to an activating group) is 1. The van der Waals surface area contributed by atoms with Crippen LogP contribution in [-0.2, 0) is 13.1 Å². The first-order valence-electron chi connectivity index (χ1n) is 10.4. The van der Waals surface area contributed by atoms with Crippen molar-refractivity contribution in [3.05, 3.63) is 70.9 Å². The van der Waals surface area contributed by atoms with E-state index in [1.54, 1.807) is 0 Å². The first-order valence-corrected chi connectivity index (χ1v) is 10.4. The second-order valence-electron chi connectivity index (χ2n) is 8.44. The van der Waals surface area contributed by atoms with Gasteiger partial charge in [-0.05, 0) is 78.8 Å². The fraction of sp³-hybridized carbons (Fsp3) is 0.417. The van der Waals surface area contributed by atoms with Crippen LogP contribution in [0.1, 0.15) is 47.4 Å². The third-order valence-corrected chi connectivity index (χ3v) is 6.35. The van der Waals surface area contributed by atoms with E-state index in [1.807, 2.05) is 6.20 Å². The van der Waals surface area contributed by atoms with E-state index in [1.165, 1.54) is 65.5 Å². The molecule has 0 bridgehead atoms. The standard InChI is InChI=1S/C24H29N3/c1-26-16-21-13-18(15-27-11-3-2-4-12-27)5-7-22(21)23(17-26)19-6-8-24-20(14-19)9-10-25-24/h5-10,13-14,23,25H,2-4,11-12,15-17H2,1H3. The van der Waals surface area contributed by atoms with E-state index in [0.717, 1.165) is 19.6 Å². The van der Waals surface area contributed by atoms with Crippen molar-refractivity contribution in [3.63, 3.8) is 0 Å². The Kier molecular flexibility index (Phi) is 4.50. The Bertz CT molecular complexity index is 936. The molecule has 1 fully saturated rings. The molecular weight excluding hydrogens is 330 g/mol. The quantitative estimate of drug-likeness (QED) is 0.730. The second kappa shape index (κ2) is 7.14. The molecule has 0 radical (unpaired) electrons. The maximum absolute atomic E-state index is 3.31. The molecule has 0 aliphatic carbocycles. The number of aromatic nitrogens is 1. The summed E-state index contributed by atoms with van der Waals surface area (Å²) < 4.78 is 0. The number of benzene rings is 2. The zero-order chi connectivity index (χ0) is 18.2. The maximum atomic E-state index is 3.31. The molecule has 5 rings (SSSR count). The lowest BCUT2D eigenvalue weighted by atomic mass is 9.83. The van der Waals surface area contributed by atoms with E-state index in [-0.39, 0.29) is 0 Å². The van der Waals surface area contributed by atoms with E-state index in [4.69, 9.17) is 0 Å². The van der Waals surface area contributed by atoms with Crippen LogP contribution in [0.4, 0.5) is 0 Å². The smallest absolute Gasteiger partial charge is 0.0454 e. The van der Waals surface area contributed by atoms with Gasteiger partial charge < -0.3 is 9.88 Å². The van der Waals surface area contributed by atoms with Gasteiger partial charge in [0, 0.05) is 37.3 Å². The van der Waals surface area contributed by atoms with Crippen molar-refractivity contribution < 1.29 is 0 Å². The fourth-order valence-electron chi connectivity index (χ4n) is 4.95. The molecule has 0 spiro atoms. The van der Waals surface area contributed by atoms with Gasteiger partial charge >= 0.3 is 0 Å². The summed E-state index contributed by atoms with van der Waals surface area (Å²) in [6.45, 7) is 5.78. The lowest BCUT2D eigenvalue weighted by Gasteiger charge is -2.33. The largest absolute Gasteiger partial charge is 0.361 e. The Labute approximate surface area is 162 Å². The lowest BCUT2D eigenvalue weighted by molar-refractivity contribution is 0.220. The zero-order valence-corrected chi connectivity index (χ0v) is 16.2. The molecule has 1 saturated heterocycles. The van der Waals surface area contributed by atoms with E-state index in [2.05, 4.69) is 64.3 Å². The number of nitrogens with one attached hydrogen (secondary N) is 1. The molecule has 140 valence electrons. The predicted molar refractivity (Wildman–Crippen MR) is 112 cm³/mol. The van der Waals surface area contributed by atoms with Crippen LogP contribution >= 0.6 is 0 Å². The molecule has 2 aliphatic rings. The number of H-pyrrole nitrogens is 1. The topological polar surface area (TPSA) is 22.3 Å². The van der Waals surface area contributed by atoms with E-state index < -0.39 is 0 Å². The van der Waals surface area contributed by atoms with Crippen LogP contribution in [0.5, 0.6) is 0 Å². The van der Waals surface area contributed by atoms with Gasteiger partial charge in [0.25, 0.3) is 0 Å². The summed E-state index contributed by atoms with van der Waals surface area (Å²) in [7, 11) is 2.25. The minimum atomic E-state index is 0.460. The summed E-state index contributed by atoms with van der Waals surface area (Å²) in [4.78, 5) is 8.40. The van der Waals surface area contributed by atoms with Crippen molar-refractivity contribution in [2.24, 2.45) is 0 Å². The number of likely N-dealkylation sites (tertiary alicyclic amines) is 1. The molecule has 1 N–H and O–H groups in total. The molecule has 2 aliphatic heterocycles. The van der Waals surface area contributed by atoms with Crippen molar-refractivity contribution in [1.82, 2.24) is 14.8 Å². The van der Waals surface area contributed by atoms with Crippen molar-refractivity contribution in [2.75, 3.05) is 26.7 Å². The Hall–Kier alpha value is -2.10. The van der Waals surface area contributed by atoms with Gasteiger partial charge in [-0.25, -0.2) is 0 Å². The van der Waals surface area contributed by atoms with Gasteiger partial charge in [-0.2, -0.15) is 0 Å². The van der Waals surface area contributed by atoms with Gasteiger partial charge in [-0.3, -0.25) is 4.90 Å². The minimum absolute atomic E-state index is 0.460. The average molecular weight is 360 g/mol. The molecule has 3 heterocycles. The van der Waals surface area contributed by atoms with Crippen LogP contribution in [0.25, 0.3) is 10.9 Å². The van der Waals surface area contributed by atoms with Crippen molar-refractivity contribution in [2.45, 2.75) is 38.3 Å². The number of hydrogen-bond donors (Lipinski definition) is 1. The highest BCUT2D eigenvalue weighted by Crippen LogP contribution is 2.35. The zero-order valence-electron chi connectivity index (χ0n) is 16.2. The number of rotatable bonds is 3. The van der Waals surface area contributed by atoms with Crippen LogP contribution in [0.15, 0.2) is 48.7 Å². The molecule has 3 nitrogen and oxygen atoms in total. The first kappa shape index (κ1) is 17.0. The van der Waals surface area contributed by atoms with E-state index >= 15 is 0 Å². The van der Waals surface area contributed by atoms with Gasteiger partial charge in [-0.1, -0.05) is 30.7 Å². The fourth-order valence-corrected chi connectivity index (χ4v) is 4.95. The first-order chi connectivity index (χ1) is 13.3. The number of fused-ring (bicyclic) bond motifs is 2. The Morgan fingerprint density at radius 1 is 1.00 bits per heavy atom. The molecular formula is C24H29N3. The highest BCUT2D eigenvalue weighted by atomic mass is 15.1. The normalized spacial score (nSPS) is 21.4. The number of nitrogens with zero attached hydrogens (tertiary/aromatic N) is 2. The highest BCUT2D eigenvalue weighted by Gasteiger charge is 2.25. The van der Waals surface area contributed by atoms with Gasteiger partial charge in [-0.15, -0.1) is 0 Å². The van der Waals surface area contributed by atoms with Crippen LogP contribution in [0, 0.1) is 0 Å². The number of hydrogen-bond acceptors (Lipinski definition) is 2. The van der Waals surface area contributed by atoms with Crippen LogP contribution < -0.4 is 0 Å². The summed E-state index contributed by atoms with van der Waals surface area (Å²) in [6.07, 6.45) is 6.15. The molecule has 1 atom stereocenters. The highest BCUT2D eigenvalue weighted by molar-refractivity contribution is 5.80. The number of piperidine rings is 1. The van der Waals surface area contributed by atoms with E-state index in [0.29, 0.717) is 5.92 Å². The second-order valence-corrected chi connectivity index (χ2v) is 8.44. The van der Waals surface area contributed by atoms with Gasteiger partial charge in [0.05, 0.1) is 0 Å². The molecule has 2 aromatic carbocycles. The molecule has 0 saturated carbocycles. The maximum Gasteiger partial charge on any atom is 0.0454 e. The molecule has 1 unspecified atom stereocenters. The van der Waals surface area contributed by atoms with Crippen molar-refractivity contribution in [1.29, 1.82) is 0 Å². The minimum Gasteiger partial charge on any atom is -0.361 e. The van der Waals surface area contributed by atoms with Crippen LogP contribution in [0.2, 0.25) is 0 Å². The summed E-state index contributed by atoms with van der Waals surface area (Å²) in [5.74, 6) is 0.460. The van der Waals surface area contributed by atoms with Crippen LogP contribution in [-0.4, -0.2) is 41.5 Å². The number of aromatic amines is 1. The third kappa shape index (κ3) is 3.42. The van der Waals surface area contributed by atoms with Crippen LogP contribution in [0.3, 0.4) is 0 Å². The third-order valence-electron chi connectivity index (χ3n) is 6.35. The van der Waals surface area contributed by atoms with Crippen molar-refractivity contribution in [3.8, 4) is 0 Å². The average Bonchev–Trinajstić information content (AvgIpc) is 3.15. The molecule has 3 aromatic rings. The molecule has 27 heavy (non-hydrogen) atoms. The predicted octanol–water partition coefficient (Wildman–Crippen LogP) is 4.73. The lowest BCUT2D eigenvalue weighted by Crippen LogP contribution is -2.32. The Morgan fingerprint density at radius 3 is 2.78 bits per heavy atom. The van der Waals surface area contributed by atoms with Gasteiger partial charge in [0.2, 0.25) is 0 Å². The molecule has 3 heteroatoms. The molecule has 0 amide bonds. The summed E-state index contributed by atoms with van der Waals surface area (Å²) in [5.41, 5.74) is 7.16. The monoisotopic (exact) mass is 359 g/mol.